The second-order valence-electron chi connectivity index (χ2n) is 7.60. The molecule has 0 saturated carbocycles. The third-order valence-electron chi connectivity index (χ3n) is 5.28. The highest BCUT2D eigenvalue weighted by Crippen LogP contribution is 2.15. The lowest BCUT2D eigenvalue weighted by atomic mass is 10.1. The third kappa shape index (κ3) is 10.3. The number of aliphatic imine (C=N–C) groups is 1. The molecule has 0 radical (unpaired) electrons. The van der Waals surface area contributed by atoms with Crippen molar-refractivity contribution in [2.75, 3.05) is 65.0 Å². The van der Waals surface area contributed by atoms with Gasteiger partial charge in [-0.3, -0.25) is 4.99 Å². The predicted molar refractivity (Wildman–Crippen MR) is 137 cm³/mol. The van der Waals surface area contributed by atoms with Gasteiger partial charge in [0.1, 0.15) is 0 Å². The Bertz CT molecular complexity index is 566. The van der Waals surface area contributed by atoms with Gasteiger partial charge in [-0.05, 0) is 51.2 Å². The minimum atomic E-state index is 0. The molecule has 30 heavy (non-hydrogen) atoms. The van der Waals surface area contributed by atoms with Crippen LogP contribution in [0.4, 0.5) is 5.69 Å². The summed E-state index contributed by atoms with van der Waals surface area (Å²) < 4.78 is 11.1. The summed E-state index contributed by atoms with van der Waals surface area (Å²) in [6.07, 6.45) is 5.73. The van der Waals surface area contributed by atoms with Crippen LogP contribution in [-0.4, -0.2) is 77.1 Å². The van der Waals surface area contributed by atoms with Gasteiger partial charge in [-0.15, -0.1) is 24.0 Å². The fourth-order valence-corrected chi connectivity index (χ4v) is 3.57. The van der Waals surface area contributed by atoms with Crippen molar-refractivity contribution in [3.05, 3.63) is 30.3 Å². The molecule has 0 spiro atoms. The highest BCUT2D eigenvalue weighted by molar-refractivity contribution is 14.0. The summed E-state index contributed by atoms with van der Waals surface area (Å²) in [5.41, 5.74) is 1.27. The summed E-state index contributed by atoms with van der Waals surface area (Å²) >= 11 is 0. The Morgan fingerprint density at radius 2 is 1.87 bits per heavy atom. The molecule has 0 aromatic heterocycles. The molecule has 0 unspecified atom stereocenters. The van der Waals surface area contributed by atoms with Crippen LogP contribution < -0.4 is 10.2 Å². The van der Waals surface area contributed by atoms with Crippen molar-refractivity contribution in [1.29, 1.82) is 0 Å². The van der Waals surface area contributed by atoms with Gasteiger partial charge in [0.2, 0.25) is 0 Å². The van der Waals surface area contributed by atoms with Crippen LogP contribution >= 0.6 is 24.0 Å². The molecule has 1 fully saturated rings. The van der Waals surface area contributed by atoms with Crippen molar-refractivity contribution in [2.24, 2.45) is 4.99 Å². The quantitative estimate of drug-likeness (QED) is 0.191. The number of piperidine rings is 1. The van der Waals surface area contributed by atoms with Gasteiger partial charge in [0.05, 0.1) is 6.10 Å². The molecule has 0 atom stereocenters. The van der Waals surface area contributed by atoms with E-state index < -0.39 is 0 Å². The zero-order valence-corrected chi connectivity index (χ0v) is 21.3. The van der Waals surface area contributed by atoms with Crippen molar-refractivity contribution >= 4 is 35.6 Å². The Morgan fingerprint density at radius 1 is 1.13 bits per heavy atom. The Morgan fingerprint density at radius 3 is 2.53 bits per heavy atom. The van der Waals surface area contributed by atoms with E-state index in [4.69, 9.17) is 14.5 Å². The molecular weight excluding hydrogens is 491 g/mol. The van der Waals surface area contributed by atoms with Gasteiger partial charge in [-0.25, -0.2) is 0 Å². The number of para-hydroxylation sites is 1. The van der Waals surface area contributed by atoms with Gasteiger partial charge in [-0.1, -0.05) is 18.2 Å². The fourth-order valence-electron chi connectivity index (χ4n) is 3.57. The first-order valence-electron chi connectivity index (χ1n) is 11.1. The van der Waals surface area contributed by atoms with E-state index in [1.54, 1.807) is 7.11 Å². The van der Waals surface area contributed by atoms with E-state index in [1.807, 2.05) is 0 Å². The largest absolute Gasteiger partial charge is 0.385 e. The van der Waals surface area contributed by atoms with E-state index in [-0.39, 0.29) is 24.0 Å². The molecule has 1 aromatic carbocycles. The lowest BCUT2D eigenvalue weighted by Gasteiger charge is -2.34. The first kappa shape index (κ1) is 27.0. The lowest BCUT2D eigenvalue weighted by Crippen LogP contribution is -2.47. The van der Waals surface area contributed by atoms with Crippen LogP contribution in [0.5, 0.6) is 0 Å². The van der Waals surface area contributed by atoms with Crippen LogP contribution in [0, 0.1) is 0 Å². The van der Waals surface area contributed by atoms with Gasteiger partial charge in [0, 0.05) is 65.8 Å². The molecule has 7 heteroatoms. The number of hydrogen-bond donors (Lipinski definition) is 1. The molecule has 0 aliphatic carbocycles. The number of methoxy groups -OCH3 is 1. The van der Waals surface area contributed by atoms with Gasteiger partial charge in [0.25, 0.3) is 0 Å². The first-order chi connectivity index (χ1) is 14.2. The van der Waals surface area contributed by atoms with Gasteiger partial charge >= 0.3 is 0 Å². The molecule has 6 nitrogen and oxygen atoms in total. The van der Waals surface area contributed by atoms with Crippen LogP contribution in [0.1, 0.15) is 39.0 Å². The molecule has 1 N–H and O–H groups in total. The maximum Gasteiger partial charge on any atom is 0.193 e. The smallest absolute Gasteiger partial charge is 0.193 e. The SMILES string of the molecule is CCNC(=NCCCCN(C)c1ccccc1)N1CCC(OCCCOC)CC1.I. The number of halogens is 1. The zero-order chi connectivity index (χ0) is 20.7. The number of nitrogens with zero attached hydrogens (tertiary/aromatic N) is 3. The average molecular weight is 533 g/mol. The second-order valence-corrected chi connectivity index (χ2v) is 7.60. The molecule has 0 bridgehead atoms. The van der Waals surface area contributed by atoms with E-state index in [9.17, 15) is 0 Å². The van der Waals surface area contributed by atoms with Gasteiger partial charge in [-0.2, -0.15) is 0 Å². The van der Waals surface area contributed by atoms with E-state index in [2.05, 4.69) is 59.4 Å². The molecule has 1 saturated heterocycles. The maximum atomic E-state index is 5.97. The number of likely N-dealkylation sites (tertiary alicyclic amines) is 1. The highest BCUT2D eigenvalue weighted by Gasteiger charge is 2.21. The van der Waals surface area contributed by atoms with Crippen LogP contribution in [0.3, 0.4) is 0 Å². The van der Waals surface area contributed by atoms with Crippen molar-refractivity contribution in [3.8, 4) is 0 Å². The summed E-state index contributed by atoms with van der Waals surface area (Å²) in [5.74, 6) is 1.06. The predicted octanol–water partition coefficient (Wildman–Crippen LogP) is 4.00. The summed E-state index contributed by atoms with van der Waals surface area (Å²) in [6, 6.07) is 10.6. The number of benzene rings is 1. The third-order valence-corrected chi connectivity index (χ3v) is 5.28. The zero-order valence-electron chi connectivity index (χ0n) is 19.0. The summed E-state index contributed by atoms with van der Waals surface area (Å²) in [6.45, 7) is 8.57. The summed E-state index contributed by atoms with van der Waals surface area (Å²) in [5, 5.41) is 3.46. The number of anilines is 1. The number of guanidine groups is 1. The van der Waals surface area contributed by atoms with Crippen LogP contribution in [-0.2, 0) is 9.47 Å². The summed E-state index contributed by atoms with van der Waals surface area (Å²) in [7, 11) is 3.89. The monoisotopic (exact) mass is 532 g/mol. The Balaban J connectivity index is 0.00000450. The highest BCUT2D eigenvalue weighted by atomic mass is 127. The van der Waals surface area contributed by atoms with E-state index in [0.29, 0.717) is 6.10 Å². The van der Waals surface area contributed by atoms with E-state index >= 15 is 0 Å². The summed E-state index contributed by atoms with van der Waals surface area (Å²) in [4.78, 5) is 9.57. The topological polar surface area (TPSA) is 49.3 Å². The average Bonchev–Trinajstić information content (AvgIpc) is 2.77. The Kier molecular flexibility index (Phi) is 14.9. The first-order valence-corrected chi connectivity index (χ1v) is 11.1. The molecule has 1 heterocycles. The number of hydrogen-bond acceptors (Lipinski definition) is 4. The molecular formula is C23H41IN4O2. The molecule has 1 aliphatic rings. The van der Waals surface area contributed by atoms with Crippen molar-refractivity contribution in [3.63, 3.8) is 0 Å². The fraction of sp³-hybridized carbons (Fsp3) is 0.696. The lowest BCUT2D eigenvalue weighted by molar-refractivity contribution is 0.00990. The van der Waals surface area contributed by atoms with Gasteiger partial charge in [0.15, 0.2) is 5.96 Å². The molecule has 1 aliphatic heterocycles. The maximum absolute atomic E-state index is 5.97. The number of ether oxygens (including phenoxy) is 2. The molecule has 0 amide bonds. The minimum Gasteiger partial charge on any atom is -0.385 e. The standard InChI is InChI=1S/C23H40N4O2.HI/c1-4-24-23(27-17-13-22(14-18-27)29-20-10-19-28-3)25-15-8-9-16-26(2)21-11-6-5-7-12-21;/h5-7,11-12,22H,4,8-10,13-20H2,1-3H3,(H,24,25);1H. The number of nitrogens with one attached hydrogen (secondary N) is 1. The van der Waals surface area contributed by atoms with Crippen LogP contribution in [0.25, 0.3) is 0 Å². The molecule has 2 rings (SSSR count). The van der Waals surface area contributed by atoms with Crippen molar-refractivity contribution < 1.29 is 9.47 Å². The molecule has 1 aromatic rings. The van der Waals surface area contributed by atoms with Gasteiger partial charge < -0.3 is 24.6 Å². The number of unbranched alkanes of at least 4 members (excludes halogenated alkanes) is 1. The Labute approximate surface area is 200 Å². The number of rotatable bonds is 12. The van der Waals surface area contributed by atoms with E-state index in [0.717, 1.165) is 84.0 Å². The van der Waals surface area contributed by atoms with E-state index in [1.165, 1.54) is 5.69 Å². The second kappa shape index (κ2) is 16.6. The normalized spacial score (nSPS) is 15.0. The van der Waals surface area contributed by atoms with Crippen molar-refractivity contribution in [1.82, 2.24) is 10.2 Å². The molecule has 172 valence electrons. The van der Waals surface area contributed by atoms with Crippen LogP contribution in [0.2, 0.25) is 0 Å². The van der Waals surface area contributed by atoms with Crippen LogP contribution in [0.15, 0.2) is 35.3 Å². The minimum absolute atomic E-state index is 0. The Hall–Kier alpha value is -1.06. The van der Waals surface area contributed by atoms with Crippen molar-refractivity contribution in [2.45, 2.75) is 45.1 Å².